The summed E-state index contributed by atoms with van der Waals surface area (Å²) < 4.78 is 31.5. The molecule has 7 nitrogen and oxygen atoms in total. The molecule has 0 fully saturated rings. The van der Waals surface area contributed by atoms with E-state index in [1.54, 1.807) is 7.11 Å². The van der Waals surface area contributed by atoms with Crippen molar-refractivity contribution in [1.82, 2.24) is 14.7 Å². The molecule has 114 valence electrons. The Kier molecular flexibility index (Phi) is 6.83. The highest BCUT2D eigenvalue weighted by atomic mass is 32.2. The van der Waals surface area contributed by atoms with Gasteiger partial charge in [-0.2, -0.15) is 0 Å². The zero-order valence-electron chi connectivity index (χ0n) is 12.1. The van der Waals surface area contributed by atoms with Gasteiger partial charge in [0.2, 0.25) is 16.0 Å². The van der Waals surface area contributed by atoms with Gasteiger partial charge in [0.05, 0.1) is 12.4 Å². The molecule has 0 amide bonds. The summed E-state index contributed by atoms with van der Waals surface area (Å²) in [5.74, 6) is 0.528. The molecule has 8 heteroatoms. The number of ether oxygens (including phenoxy) is 1. The van der Waals surface area contributed by atoms with E-state index < -0.39 is 10.0 Å². The Bertz CT molecular complexity index is 490. The van der Waals surface area contributed by atoms with Crippen molar-refractivity contribution < 1.29 is 13.2 Å². The van der Waals surface area contributed by atoms with Crippen LogP contribution in [0, 0.1) is 5.92 Å². The number of nitrogens with one attached hydrogen (secondary N) is 2. The van der Waals surface area contributed by atoms with Crippen molar-refractivity contribution in [3.05, 3.63) is 12.4 Å². The first-order valence-electron chi connectivity index (χ1n) is 6.54. The fourth-order valence-corrected chi connectivity index (χ4v) is 2.52. The average molecular weight is 302 g/mol. The number of anilines is 1. The number of hydrogen-bond donors (Lipinski definition) is 2. The lowest BCUT2D eigenvalue weighted by Gasteiger charge is -2.12. The largest absolute Gasteiger partial charge is 0.384 e. The number of nitrogens with zero attached hydrogens (tertiary/aromatic N) is 2. The van der Waals surface area contributed by atoms with Crippen LogP contribution in [0.1, 0.15) is 20.3 Å². The van der Waals surface area contributed by atoms with Gasteiger partial charge in [0.1, 0.15) is 4.90 Å². The highest BCUT2D eigenvalue weighted by molar-refractivity contribution is 7.89. The van der Waals surface area contributed by atoms with Crippen molar-refractivity contribution in [3.8, 4) is 0 Å². The zero-order chi connectivity index (χ0) is 15.0. The second kappa shape index (κ2) is 8.13. The van der Waals surface area contributed by atoms with E-state index in [0.29, 0.717) is 19.1 Å². The van der Waals surface area contributed by atoms with E-state index in [1.165, 1.54) is 12.4 Å². The molecule has 0 radical (unpaired) electrons. The van der Waals surface area contributed by atoms with Crippen LogP contribution in [0.25, 0.3) is 0 Å². The number of sulfonamides is 1. The molecule has 1 atom stereocenters. The van der Waals surface area contributed by atoms with Crippen LogP contribution in [0.2, 0.25) is 0 Å². The molecule has 0 aromatic carbocycles. The molecule has 1 unspecified atom stereocenters. The summed E-state index contributed by atoms with van der Waals surface area (Å²) >= 11 is 0. The topological polar surface area (TPSA) is 93.2 Å². The maximum Gasteiger partial charge on any atom is 0.243 e. The second-order valence-corrected chi connectivity index (χ2v) is 6.35. The third-order valence-corrected chi connectivity index (χ3v) is 3.92. The number of aromatic nitrogens is 2. The molecule has 1 aromatic heterocycles. The SMILES string of the molecule is CCCNc1ncc(S(=O)(=O)NCC(C)COC)cn1. The summed E-state index contributed by atoms with van der Waals surface area (Å²) in [5, 5.41) is 2.99. The molecule has 1 heterocycles. The lowest BCUT2D eigenvalue weighted by atomic mass is 10.2. The predicted octanol–water partition coefficient (Wildman–Crippen LogP) is 0.859. The third-order valence-electron chi connectivity index (χ3n) is 2.54. The molecule has 0 spiro atoms. The first kappa shape index (κ1) is 16.8. The normalized spacial score (nSPS) is 13.2. The first-order valence-corrected chi connectivity index (χ1v) is 8.02. The molecular weight excluding hydrogens is 280 g/mol. The minimum atomic E-state index is -3.57. The van der Waals surface area contributed by atoms with Crippen LogP contribution < -0.4 is 10.0 Å². The van der Waals surface area contributed by atoms with Gasteiger partial charge in [0, 0.05) is 26.8 Å². The van der Waals surface area contributed by atoms with Crippen LogP contribution in [0.15, 0.2) is 17.3 Å². The average Bonchev–Trinajstić information content (AvgIpc) is 2.44. The molecule has 0 aliphatic rings. The summed E-state index contributed by atoms with van der Waals surface area (Å²) in [4.78, 5) is 8.02. The highest BCUT2D eigenvalue weighted by Gasteiger charge is 2.16. The van der Waals surface area contributed by atoms with Crippen molar-refractivity contribution in [2.75, 3.05) is 32.1 Å². The van der Waals surface area contributed by atoms with Crippen molar-refractivity contribution in [3.63, 3.8) is 0 Å². The molecule has 0 bridgehead atoms. The van der Waals surface area contributed by atoms with E-state index in [1.807, 2.05) is 13.8 Å². The fourth-order valence-electron chi connectivity index (χ4n) is 1.46. The summed E-state index contributed by atoms with van der Waals surface area (Å²) in [6.07, 6.45) is 3.55. The van der Waals surface area contributed by atoms with Gasteiger partial charge in [-0.15, -0.1) is 0 Å². The lowest BCUT2D eigenvalue weighted by molar-refractivity contribution is 0.161. The van der Waals surface area contributed by atoms with Gasteiger partial charge in [-0.25, -0.2) is 23.1 Å². The van der Waals surface area contributed by atoms with E-state index in [-0.39, 0.29) is 10.8 Å². The van der Waals surface area contributed by atoms with Gasteiger partial charge in [-0.3, -0.25) is 0 Å². The maximum atomic E-state index is 12.0. The maximum absolute atomic E-state index is 12.0. The summed E-state index contributed by atoms with van der Waals surface area (Å²) in [7, 11) is -1.99. The molecule has 1 aromatic rings. The predicted molar refractivity (Wildman–Crippen MR) is 77.0 cm³/mol. The van der Waals surface area contributed by atoms with Gasteiger partial charge < -0.3 is 10.1 Å². The van der Waals surface area contributed by atoms with Crippen LogP contribution in [0.3, 0.4) is 0 Å². The van der Waals surface area contributed by atoms with Gasteiger partial charge in [-0.1, -0.05) is 13.8 Å². The van der Waals surface area contributed by atoms with Crippen molar-refractivity contribution >= 4 is 16.0 Å². The molecular formula is C12H22N4O3S. The Morgan fingerprint density at radius 1 is 1.35 bits per heavy atom. The second-order valence-electron chi connectivity index (χ2n) is 4.58. The van der Waals surface area contributed by atoms with Crippen molar-refractivity contribution in [2.24, 2.45) is 5.92 Å². The number of hydrogen-bond acceptors (Lipinski definition) is 6. The van der Waals surface area contributed by atoms with Gasteiger partial charge in [0.15, 0.2) is 0 Å². The van der Waals surface area contributed by atoms with Crippen LogP contribution >= 0.6 is 0 Å². The molecule has 0 saturated carbocycles. The highest BCUT2D eigenvalue weighted by Crippen LogP contribution is 2.08. The first-order chi connectivity index (χ1) is 9.49. The van der Waals surface area contributed by atoms with Gasteiger partial charge in [-0.05, 0) is 12.3 Å². The summed E-state index contributed by atoms with van der Waals surface area (Å²) in [6, 6.07) is 0. The monoisotopic (exact) mass is 302 g/mol. The van der Waals surface area contributed by atoms with Crippen LogP contribution in [0.4, 0.5) is 5.95 Å². The number of rotatable bonds is 9. The van der Waals surface area contributed by atoms with Crippen LogP contribution in [-0.2, 0) is 14.8 Å². The van der Waals surface area contributed by atoms with Crippen LogP contribution in [-0.4, -0.2) is 45.2 Å². The van der Waals surface area contributed by atoms with Crippen LogP contribution in [0.5, 0.6) is 0 Å². The Morgan fingerprint density at radius 2 is 2.00 bits per heavy atom. The quantitative estimate of drug-likeness (QED) is 0.703. The summed E-state index contributed by atoms with van der Waals surface area (Å²) in [5.41, 5.74) is 0. The van der Waals surface area contributed by atoms with E-state index >= 15 is 0 Å². The Morgan fingerprint density at radius 3 is 2.55 bits per heavy atom. The van der Waals surface area contributed by atoms with Gasteiger partial charge >= 0.3 is 0 Å². The Balaban J connectivity index is 2.63. The molecule has 20 heavy (non-hydrogen) atoms. The van der Waals surface area contributed by atoms with E-state index in [4.69, 9.17) is 4.74 Å². The molecule has 0 aliphatic carbocycles. The molecule has 2 N–H and O–H groups in total. The molecule has 0 aliphatic heterocycles. The van der Waals surface area contributed by atoms with Crippen molar-refractivity contribution in [1.29, 1.82) is 0 Å². The lowest BCUT2D eigenvalue weighted by Crippen LogP contribution is -2.30. The zero-order valence-corrected chi connectivity index (χ0v) is 12.9. The standard InChI is InChI=1S/C12H22N4O3S/c1-4-5-13-12-14-7-11(8-15-12)20(17,18)16-6-10(2)9-19-3/h7-8,10,16H,4-6,9H2,1-3H3,(H,13,14,15). The minimum Gasteiger partial charge on any atom is -0.384 e. The Hall–Kier alpha value is -1.25. The van der Waals surface area contributed by atoms with E-state index in [2.05, 4.69) is 20.0 Å². The van der Waals surface area contributed by atoms with E-state index in [9.17, 15) is 8.42 Å². The summed E-state index contributed by atoms with van der Waals surface area (Å²) in [6.45, 7) is 5.49. The smallest absolute Gasteiger partial charge is 0.243 e. The molecule has 1 rings (SSSR count). The van der Waals surface area contributed by atoms with E-state index in [0.717, 1.165) is 13.0 Å². The fraction of sp³-hybridized carbons (Fsp3) is 0.667. The van der Waals surface area contributed by atoms with Crippen molar-refractivity contribution in [2.45, 2.75) is 25.2 Å². The number of methoxy groups -OCH3 is 1. The van der Waals surface area contributed by atoms with Gasteiger partial charge in [0.25, 0.3) is 0 Å². The molecule has 0 saturated heterocycles. The Labute approximate surface area is 120 Å². The minimum absolute atomic E-state index is 0.0594. The third kappa shape index (κ3) is 5.40.